The molecule has 22 aliphatic carbocycles. The summed E-state index contributed by atoms with van der Waals surface area (Å²) in [6.07, 6.45) is 38.2. The number of hydrogen-bond donors (Lipinski definition) is 0. The molecule has 12 bridgehead atoms. The predicted molar refractivity (Wildman–Crippen MR) is 282 cm³/mol. The minimum atomic E-state index is 0.0720. The highest BCUT2D eigenvalue weighted by atomic mass is 16.5. The van der Waals surface area contributed by atoms with Crippen molar-refractivity contribution in [3.63, 3.8) is 0 Å². The summed E-state index contributed by atoms with van der Waals surface area (Å²) in [6, 6.07) is 0. The molecule has 0 N–H and O–H groups in total. The van der Waals surface area contributed by atoms with E-state index in [1.807, 2.05) is 85.3 Å². The van der Waals surface area contributed by atoms with Crippen LogP contribution in [-0.4, -0.2) is 159 Å². The van der Waals surface area contributed by atoms with Crippen molar-refractivity contribution < 1.29 is 56.8 Å². The molecule has 12 heteroatoms. The minimum Gasteiger partial charge on any atom is -0.381 e. The summed E-state index contributed by atoms with van der Waals surface area (Å²) in [5.41, 5.74) is 0. The maximum Gasteiger partial charge on any atom is 0.0641 e. The first-order chi connectivity index (χ1) is 35.1. The Bertz CT molecular complexity index is 1610. The lowest BCUT2D eigenvalue weighted by molar-refractivity contribution is -0.0743. The van der Waals surface area contributed by atoms with Gasteiger partial charge in [0, 0.05) is 144 Å². The van der Waals surface area contributed by atoms with E-state index in [1.54, 1.807) is 0 Å². The SMILES string of the molecule is COC1C[C@H]2/C=C/[C@H]3CC(OC)[C@@H](/C=C/[C@@H]4CC(OC)[C@@H](/C=C\[C@@H]5CC(OC)[C@H](/C=C\[C@@H]6CC(OC)[C@@H](/C=C\[C@H]7CC(OC)[C@@H](CC[C@@H]1CC2OC)CC7OC)CC6OC)CC5OC)CC4OC)CC3OC. The quantitative estimate of drug-likeness (QED) is 0.174. The van der Waals surface area contributed by atoms with E-state index in [9.17, 15) is 0 Å². The summed E-state index contributed by atoms with van der Waals surface area (Å²) in [5, 5.41) is 0. The van der Waals surface area contributed by atoms with Crippen molar-refractivity contribution in [2.75, 3.05) is 85.3 Å². The summed E-state index contributed by atoms with van der Waals surface area (Å²) in [4.78, 5) is 0. The molecule has 0 aromatic carbocycles. The van der Waals surface area contributed by atoms with Crippen LogP contribution in [-0.2, 0) is 56.8 Å². The largest absolute Gasteiger partial charge is 0.381 e. The summed E-state index contributed by atoms with van der Waals surface area (Å²) >= 11 is 0. The average molecular weight is 1010 g/mol. The van der Waals surface area contributed by atoms with Crippen molar-refractivity contribution in [3.8, 4) is 0 Å². The van der Waals surface area contributed by atoms with Crippen LogP contribution in [0.4, 0.5) is 0 Å². The Morgan fingerprint density at radius 3 is 0.444 bits per heavy atom. The zero-order valence-corrected chi connectivity index (χ0v) is 46.4. The Balaban J connectivity index is 1.15. The van der Waals surface area contributed by atoms with E-state index in [0.717, 1.165) is 89.9 Å². The third kappa shape index (κ3) is 14.0. The monoisotopic (exact) mass is 1010 g/mol. The van der Waals surface area contributed by atoms with E-state index < -0.39 is 0 Å². The lowest BCUT2D eigenvalue weighted by Gasteiger charge is -2.43. The van der Waals surface area contributed by atoms with Gasteiger partial charge in [0.15, 0.2) is 0 Å². The fourth-order valence-corrected chi connectivity index (χ4v) is 15.0. The van der Waals surface area contributed by atoms with Gasteiger partial charge >= 0.3 is 0 Å². The first-order valence-electron chi connectivity index (χ1n) is 27.8. The number of methoxy groups -OCH3 is 12. The molecule has 12 unspecified atom stereocenters. The van der Waals surface area contributed by atoms with Gasteiger partial charge in [-0.25, -0.2) is 0 Å². The molecule has 22 aliphatic rings. The smallest absolute Gasteiger partial charge is 0.0641 e. The first kappa shape index (κ1) is 57.9. The Labute approximate surface area is 435 Å². The van der Waals surface area contributed by atoms with Crippen molar-refractivity contribution in [2.24, 2.45) is 71.0 Å². The second-order valence-electron chi connectivity index (χ2n) is 22.8. The summed E-state index contributed by atoms with van der Waals surface area (Å²) < 4.78 is 75.3. The fraction of sp³-hybridized carbons (Fsp3) is 0.833. The van der Waals surface area contributed by atoms with Gasteiger partial charge in [0.05, 0.1) is 73.2 Å². The molecule has 0 spiro atoms. The first-order valence-corrected chi connectivity index (χ1v) is 27.8. The molecule has 22 rings (SSSR count). The van der Waals surface area contributed by atoms with E-state index in [0.29, 0.717) is 11.8 Å². The lowest BCUT2D eigenvalue weighted by Crippen LogP contribution is -2.43. The van der Waals surface area contributed by atoms with E-state index in [1.165, 1.54) is 0 Å². The minimum absolute atomic E-state index is 0.0720. The maximum absolute atomic E-state index is 6.31. The molecule has 410 valence electrons. The average Bonchev–Trinajstić information content (AvgIpc) is 3.42. The highest BCUT2D eigenvalue weighted by molar-refractivity contribution is 5.13. The zero-order valence-electron chi connectivity index (χ0n) is 46.4. The predicted octanol–water partition coefficient (Wildman–Crippen LogP) is 9.90. The molecule has 6 fully saturated rings. The third-order valence-corrected chi connectivity index (χ3v) is 19.5. The van der Waals surface area contributed by atoms with Gasteiger partial charge < -0.3 is 56.8 Å². The number of ether oxygens (including phenoxy) is 12. The van der Waals surface area contributed by atoms with E-state index in [2.05, 4.69) is 60.8 Å². The van der Waals surface area contributed by atoms with Gasteiger partial charge in [0.25, 0.3) is 0 Å². The highest BCUT2D eigenvalue weighted by Crippen LogP contribution is 2.45. The van der Waals surface area contributed by atoms with Gasteiger partial charge in [0.2, 0.25) is 0 Å². The van der Waals surface area contributed by atoms with Gasteiger partial charge in [-0.2, -0.15) is 0 Å². The number of hydrogen-bond acceptors (Lipinski definition) is 12. The molecule has 0 aliphatic heterocycles. The van der Waals surface area contributed by atoms with Crippen molar-refractivity contribution in [3.05, 3.63) is 60.8 Å². The van der Waals surface area contributed by atoms with E-state index >= 15 is 0 Å². The highest BCUT2D eigenvalue weighted by Gasteiger charge is 2.44. The van der Waals surface area contributed by atoms with Gasteiger partial charge in [-0.05, 0) is 102 Å². The normalized spacial score (nSPS) is 47.6. The third-order valence-electron chi connectivity index (χ3n) is 19.5. The standard InChI is InChI=1S/C60H98O12/c1-61-49-25-38-15-16-40-28-54(66-6)42(30-53(40)65-5)19-20-44-32-58(70-10)46(34-57(44)69-9)23-24-48-36-59(71-11)47(35-60(48)72-12)22-21-45-33-55(67-7)43(31-56(45)68-8)18-17-41-29-51(63-3)39(27-52(41)64-4)14-13-37(49)26-50(38)62-2/h13-22,37-60H,23-36H2,1-12H3/b14-13-,16-15-,18-17+,20-19-,22-21+/t37-,38-,39+,40-,41-,42+,43+,44+,45+,46+,47-,48-,49?,50?,51?,52?,53?,54?,55?,56?,57?,58?,59?,60?/m1/s1. The Hall–Kier alpha value is -1.78. The van der Waals surface area contributed by atoms with Crippen LogP contribution in [0.1, 0.15) is 89.9 Å². The fourth-order valence-electron chi connectivity index (χ4n) is 15.0. The molecule has 24 atom stereocenters. The van der Waals surface area contributed by atoms with Crippen LogP contribution in [0.25, 0.3) is 0 Å². The van der Waals surface area contributed by atoms with Crippen LogP contribution in [0.5, 0.6) is 0 Å². The molecule has 0 heterocycles. The van der Waals surface area contributed by atoms with E-state index in [4.69, 9.17) is 56.8 Å². The molecule has 0 amide bonds. The van der Waals surface area contributed by atoms with Crippen LogP contribution in [0.3, 0.4) is 0 Å². The van der Waals surface area contributed by atoms with Gasteiger partial charge in [-0.3, -0.25) is 0 Å². The summed E-state index contributed by atoms with van der Waals surface area (Å²) in [5.74, 6) is 3.11. The summed E-state index contributed by atoms with van der Waals surface area (Å²) in [6.45, 7) is 0. The molecule has 72 heavy (non-hydrogen) atoms. The molecule has 6 saturated carbocycles. The van der Waals surface area contributed by atoms with Gasteiger partial charge in [0.1, 0.15) is 0 Å². The molecule has 12 nitrogen and oxygen atoms in total. The molecule has 0 saturated heterocycles. The van der Waals surface area contributed by atoms with Crippen LogP contribution in [0.15, 0.2) is 60.8 Å². The lowest BCUT2D eigenvalue weighted by atomic mass is 9.70. The molecular weight excluding hydrogens is 913 g/mol. The van der Waals surface area contributed by atoms with Crippen molar-refractivity contribution in [1.82, 2.24) is 0 Å². The van der Waals surface area contributed by atoms with Crippen LogP contribution in [0.2, 0.25) is 0 Å². The summed E-state index contributed by atoms with van der Waals surface area (Å²) in [7, 11) is 22.4. The van der Waals surface area contributed by atoms with Gasteiger partial charge in [-0.15, -0.1) is 0 Å². The second kappa shape index (κ2) is 28.6. The molecule has 0 aromatic heterocycles. The Kier molecular flexibility index (Phi) is 23.0. The van der Waals surface area contributed by atoms with Crippen molar-refractivity contribution in [1.29, 1.82) is 0 Å². The van der Waals surface area contributed by atoms with Crippen LogP contribution < -0.4 is 0 Å². The molecule has 0 radical (unpaired) electrons. The van der Waals surface area contributed by atoms with Crippen LogP contribution >= 0.6 is 0 Å². The van der Waals surface area contributed by atoms with Crippen molar-refractivity contribution >= 4 is 0 Å². The Morgan fingerprint density at radius 1 is 0.181 bits per heavy atom. The van der Waals surface area contributed by atoms with Crippen molar-refractivity contribution in [2.45, 2.75) is 163 Å². The molecule has 0 aromatic rings. The maximum atomic E-state index is 6.31. The topological polar surface area (TPSA) is 111 Å². The number of rotatable bonds is 12. The van der Waals surface area contributed by atoms with Gasteiger partial charge in [-0.1, -0.05) is 60.8 Å². The molecular formula is C60H98O12. The van der Waals surface area contributed by atoms with Crippen LogP contribution in [0, 0.1) is 71.0 Å². The van der Waals surface area contributed by atoms with E-state index in [-0.39, 0.29) is 132 Å². The zero-order chi connectivity index (χ0) is 51.3. The second-order valence-corrected chi connectivity index (χ2v) is 22.8. The Morgan fingerprint density at radius 2 is 0.306 bits per heavy atom.